The summed E-state index contributed by atoms with van der Waals surface area (Å²) in [6, 6.07) is 8.73. The van der Waals surface area contributed by atoms with Gasteiger partial charge in [0.15, 0.2) is 11.5 Å². The zero-order chi connectivity index (χ0) is 26.9. The molecule has 0 fully saturated rings. The molecule has 3 rings (SSSR count). The summed E-state index contributed by atoms with van der Waals surface area (Å²) in [6.45, 7) is 10.3. The third kappa shape index (κ3) is 6.38. The van der Waals surface area contributed by atoms with Gasteiger partial charge in [-0.25, -0.2) is 14.5 Å². The van der Waals surface area contributed by atoms with E-state index in [2.05, 4.69) is 15.6 Å². The first-order valence-corrected chi connectivity index (χ1v) is 12.4. The van der Waals surface area contributed by atoms with Gasteiger partial charge < -0.3 is 14.2 Å². The summed E-state index contributed by atoms with van der Waals surface area (Å²) in [6.07, 6.45) is 1.37. The summed E-state index contributed by atoms with van der Waals surface area (Å²) >= 11 is 0. The Morgan fingerprint density at radius 3 is 2.14 bits per heavy atom. The number of nitrogens with zero attached hydrogens (tertiary/aromatic N) is 2. The van der Waals surface area contributed by atoms with Gasteiger partial charge in [0, 0.05) is 11.3 Å². The highest BCUT2D eigenvalue weighted by Crippen LogP contribution is 2.39. The Kier molecular flexibility index (Phi) is 9.48. The monoisotopic (exact) mass is 512 g/mol. The fraction of sp³-hybridized carbons (Fsp3) is 0.370. The van der Waals surface area contributed by atoms with Crippen LogP contribution in [0, 0.1) is 5.82 Å². The van der Waals surface area contributed by atoms with Crippen molar-refractivity contribution in [1.29, 1.82) is 0 Å². The summed E-state index contributed by atoms with van der Waals surface area (Å²) in [5.41, 5.74) is 4.29. The fourth-order valence-electron chi connectivity index (χ4n) is 3.83. The number of aryl methyl sites for hydroxylation is 1. The van der Waals surface area contributed by atoms with Crippen LogP contribution in [0.4, 0.5) is 4.39 Å². The summed E-state index contributed by atoms with van der Waals surface area (Å²) in [4.78, 5) is 26.3. The highest BCUT2D eigenvalue weighted by atomic mass is 19.1. The van der Waals surface area contributed by atoms with Crippen LogP contribution in [0.25, 0.3) is 5.69 Å². The molecule has 1 amide bonds. The van der Waals surface area contributed by atoms with Crippen molar-refractivity contribution in [3.05, 3.63) is 69.4 Å². The minimum Gasteiger partial charge on any atom is -0.490 e. The van der Waals surface area contributed by atoms with E-state index in [1.165, 1.54) is 28.9 Å². The molecule has 198 valence electrons. The zero-order valence-electron chi connectivity index (χ0n) is 21.8. The number of hydrogen-bond acceptors (Lipinski definition) is 6. The van der Waals surface area contributed by atoms with Crippen LogP contribution in [-0.2, 0) is 6.42 Å². The van der Waals surface area contributed by atoms with Gasteiger partial charge in [0.25, 0.3) is 11.5 Å². The van der Waals surface area contributed by atoms with E-state index in [-0.39, 0.29) is 11.1 Å². The lowest BCUT2D eigenvalue weighted by Crippen LogP contribution is -2.23. The van der Waals surface area contributed by atoms with Crippen molar-refractivity contribution in [2.45, 2.75) is 47.5 Å². The van der Waals surface area contributed by atoms with E-state index < -0.39 is 11.7 Å². The minimum atomic E-state index is -0.504. The minimum absolute atomic E-state index is 0.262. The molecule has 0 aliphatic rings. The number of nitrogens with one attached hydrogen (secondary N) is 2. The maximum atomic E-state index is 13.4. The lowest BCUT2D eigenvalue weighted by molar-refractivity contribution is 0.0953. The standard InChI is InChI=1S/C27H33FN4O5/c1-6-10-21-24(27(34)32(31-21)20-13-11-19(28)12-14-20)17(5)29-30-26(33)18-15-22(35-7-2)25(37-9-4)23(16-18)36-8-3/h11-16,31H,6-10H2,1-5H3,(H,30,33). The molecule has 2 N–H and O–H groups in total. The normalized spacial score (nSPS) is 11.4. The van der Waals surface area contributed by atoms with E-state index in [1.54, 1.807) is 19.1 Å². The Morgan fingerprint density at radius 2 is 1.59 bits per heavy atom. The topological polar surface area (TPSA) is 107 Å². The third-order valence-electron chi connectivity index (χ3n) is 5.41. The molecule has 10 heteroatoms. The number of carbonyl (C=O) groups is 1. The van der Waals surface area contributed by atoms with Crippen molar-refractivity contribution in [3.8, 4) is 22.9 Å². The first-order valence-electron chi connectivity index (χ1n) is 12.4. The Balaban J connectivity index is 1.94. The van der Waals surface area contributed by atoms with E-state index in [4.69, 9.17) is 14.2 Å². The predicted molar refractivity (Wildman–Crippen MR) is 140 cm³/mol. The van der Waals surface area contributed by atoms with Crippen molar-refractivity contribution in [1.82, 2.24) is 15.2 Å². The molecule has 2 aromatic carbocycles. The Morgan fingerprint density at radius 1 is 1.00 bits per heavy atom. The highest BCUT2D eigenvalue weighted by Gasteiger charge is 2.20. The predicted octanol–water partition coefficient (Wildman–Crippen LogP) is 4.61. The molecule has 3 aromatic rings. The molecule has 0 unspecified atom stereocenters. The largest absolute Gasteiger partial charge is 0.490 e. The number of hydrogen-bond donors (Lipinski definition) is 2. The van der Waals surface area contributed by atoms with Gasteiger partial charge in [-0.1, -0.05) is 13.3 Å². The van der Waals surface area contributed by atoms with E-state index in [1.807, 2.05) is 27.7 Å². The van der Waals surface area contributed by atoms with Crippen molar-refractivity contribution >= 4 is 11.6 Å². The Bertz CT molecular complexity index is 1280. The van der Waals surface area contributed by atoms with Crippen LogP contribution in [0.2, 0.25) is 0 Å². The van der Waals surface area contributed by atoms with Gasteiger partial charge >= 0.3 is 0 Å². The molecule has 0 saturated heterocycles. The van der Waals surface area contributed by atoms with Gasteiger partial charge in [-0.05, 0) is 70.5 Å². The number of aromatic nitrogens is 2. The molecule has 0 spiro atoms. The number of amides is 1. The van der Waals surface area contributed by atoms with Gasteiger partial charge in [0.2, 0.25) is 5.75 Å². The number of halogens is 1. The smallest absolute Gasteiger partial charge is 0.280 e. The third-order valence-corrected chi connectivity index (χ3v) is 5.41. The molecule has 0 aliphatic carbocycles. The number of aromatic amines is 1. The average Bonchev–Trinajstić information content (AvgIpc) is 3.20. The van der Waals surface area contributed by atoms with Crippen LogP contribution in [0.5, 0.6) is 17.2 Å². The summed E-state index contributed by atoms with van der Waals surface area (Å²) in [7, 11) is 0. The summed E-state index contributed by atoms with van der Waals surface area (Å²) < 4.78 is 31.8. The number of H-pyrrole nitrogens is 1. The Labute approximate surface area is 215 Å². The van der Waals surface area contributed by atoms with Gasteiger partial charge in [0.1, 0.15) is 5.82 Å². The number of hydrazone groups is 1. The molecule has 1 aromatic heterocycles. The van der Waals surface area contributed by atoms with Gasteiger partial charge in [-0.15, -0.1) is 0 Å². The maximum absolute atomic E-state index is 13.4. The summed E-state index contributed by atoms with van der Waals surface area (Å²) in [5.74, 6) is 0.307. The quantitative estimate of drug-likeness (QED) is 0.272. The van der Waals surface area contributed by atoms with Crippen molar-refractivity contribution in [3.63, 3.8) is 0 Å². The fourth-order valence-corrected chi connectivity index (χ4v) is 3.83. The van der Waals surface area contributed by atoms with E-state index in [0.29, 0.717) is 66.1 Å². The molecule has 0 saturated carbocycles. The van der Waals surface area contributed by atoms with E-state index >= 15 is 0 Å². The van der Waals surface area contributed by atoms with Crippen molar-refractivity contribution in [2.24, 2.45) is 5.10 Å². The second kappa shape index (κ2) is 12.8. The lowest BCUT2D eigenvalue weighted by atomic mass is 10.1. The van der Waals surface area contributed by atoms with Gasteiger partial charge in [0.05, 0.1) is 36.8 Å². The molecular weight excluding hydrogens is 479 g/mol. The molecule has 0 aliphatic heterocycles. The number of carbonyl (C=O) groups excluding carboxylic acids is 1. The number of benzene rings is 2. The number of rotatable bonds is 12. The molecule has 9 nitrogen and oxygen atoms in total. The summed E-state index contributed by atoms with van der Waals surface area (Å²) in [5, 5.41) is 7.31. The van der Waals surface area contributed by atoms with Crippen molar-refractivity contribution in [2.75, 3.05) is 19.8 Å². The average molecular weight is 513 g/mol. The van der Waals surface area contributed by atoms with Crippen LogP contribution < -0.4 is 25.2 Å². The second-order valence-electron chi connectivity index (χ2n) is 8.07. The maximum Gasteiger partial charge on any atom is 0.280 e. The molecule has 0 atom stereocenters. The molecule has 0 bridgehead atoms. The van der Waals surface area contributed by atoms with Crippen LogP contribution in [0.3, 0.4) is 0 Å². The van der Waals surface area contributed by atoms with Crippen LogP contribution in [0.1, 0.15) is 62.7 Å². The second-order valence-corrected chi connectivity index (χ2v) is 8.07. The highest BCUT2D eigenvalue weighted by molar-refractivity contribution is 6.01. The molecule has 0 radical (unpaired) electrons. The first-order chi connectivity index (χ1) is 17.8. The van der Waals surface area contributed by atoms with Gasteiger partial charge in [-0.2, -0.15) is 5.10 Å². The van der Waals surface area contributed by atoms with E-state index in [9.17, 15) is 14.0 Å². The van der Waals surface area contributed by atoms with Crippen LogP contribution >= 0.6 is 0 Å². The molecule has 1 heterocycles. The van der Waals surface area contributed by atoms with Crippen LogP contribution in [-0.4, -0.2) is 41.2 Å². The van der Waals surface area contributed by atoms with Crippen molar-refractivity contribution < 1.29 is 23.4 Å². The number of ether oxygens (including phenoxy) is 3. The molecular formula is C27H33FN4O5. The van der Waals surface area contributed by atoms with E-state index in [0.717, 1.165) is 6.42 Å². The Hall–Kier alpha value is -4.08. The first kappa shape index (κ1) is 27.5. The molecule has 37 heavy (non-hydrogen) atoms. The zero-order valence-corrected chi connectivity index (χ0v) is 21.8. The lowest BCUT2D eigenvalue weighted by Gasteiger charge is -2.16. The SMILES string of the molecule is CCCc1[nH]n(-c2ccc(F)cc2)c(=O)c1C(C)=NNC(=O)c1cc(OCC)c(OCC)c(OCC)c1. The van der Waals surface area contributed by atoms with Gasteiger partial charge in [-0.3, -0.25) is 14.7 Å². The van der Waals surface area contributed by atoms with Crippen LogP contribution in [0.15, 0.2) is 46.3 Å².